The van der Waals surface area contributed by atoms with E-state index in [0.717, 1.165) is 11.4 Å². The van der Waals surface area contributed by atoms with Crippen LogP contribution in [0, 0.1) is 13.8 Å². The van der Waals surface area contributed by atoms with Gasteiger partial charge in [-0.2, -0.15) is 5.10 Å². The Morgan fingerprint density at radius 3 is 2.64 bits per heavy atom. The Bertz CT molecular complexity index is 632. The summed E-state index contributed by atoms with van der Waals surface area (Å²) in [5.41, 5.74) is 2.07. The number of imide groups is 1. The van der Waals surface area contributed by atoms with Gasteiger partial charge in [-0.15, -0.1) is 0 Å². The Balaban J connectivity index is 1.46. The van der Waals surface area contributed by atoms with Crippen LogP contribution in [0.2, 0.25) is 0 Å². The number of carbonyl (C=O) groups excluding carboxylic acids is 3. The molecule has 118 valence electrons. The van der Waals surface area contributed by atoms with E-state index in [4.69, 9.17) is 0 Å². The summed E-state index contributed by atoms with van der Waals surface area (Å²) >= 11 is 0. The molecule has 22 heavy (non-hydrogen) atoms. The quantitative estimate of drug-likeness (QED) is 0.757. The third-order valence-electron chi connectivity index (χ3n) is 4.11. The van der Waals surface area contributed by atoms with Gasteiger partial charge in [0, 0.05) is 25.2 Å². The summed E-state index contributed by atoms with van der Waals surface area (Å²) in [4.78, 5) is 36.2. The van der Waals surface area contributed by atoms with Crippen molar-refractivity contribution in [3.8, 4) is 0 Å². The van der Waals surface area contributed by atoms with Gasteiger partial charge >= 0.3 is 6.03 Å². The van der Waals surface area contributed by atoms with Crippen molar-refractivity contribution < 1.29 is 14.4 Å². The summed E-state index contributed by atoms with van der Waals surface area (Å²) in [6, 6.07) is 1.17. The predicted molar refractivity (Wildman–Crippen MR) is 77.0 cm³/mol. The molecule has 0 saturated carbocycles. The van der Waals surface area contributed by atoms with Gasteiger partial charge in [-0.05, 0) is 26.3 Å². The van der Waals surface area contributed by atoms with Crippen molar-refractivity contribution >= 4 is 17.8 Å². The summed E-state index contributed by atoms with van der Waals surface area (Å²) in [5.74, 6) is -0.353. The van der Waals surface area contributed by atoms with Crippen molar-refractivity contribution in [1.82, 2.24) is 25.3 Å². The number of hydrogen-bond acceptors (Lipinski definition) is 4. The second-order valence-corrected chi connectivity index (χ2v) is 5.88. The lowest BCUT2D eigenvalue weighted by Gasteiger charge is -2.40. The standard InChI is InChI=1S/C14H19N5O3/c1-8-5-9(2)19(17-8)10-6-18(7-10)12(20)4-3-11-13(21)16-14(22)15-11/h5,10-11H,3-4,6-7H2,1-2H3,(H2,15,16,21,22)/t11-/m1/s1. The highest BCUT2D eigenvalue weighted by Gasteiger charge is 2.35. The van der Waals surface area contributed by atoms with E-state index >= 15 is 0 Å². The number of nitrogens with one attached hydrogen (secondary N) is 2. The molecule has 0 unspecified atom stereocenters. The molecule has 0 radical (unpaired) electrons. The molecule has 1 atom stereocenters. The fraction of sp³-hybridized carbons (Fsp3) is 0.571. The Labute approximate surface area is 127 Å². The van der Waals surface area contributed by atoms with Crippen LogP contribution in [0.4, 0.5) is 4.79 Å². The van der Waals surface area contributed by atoms with Crippen LogP contribution < -0.4 is 10.6 Å². The number of carbonyl (C=O) groups is 3. The Morgan fingerprint density at radius 1 is 1.36 bits per heavy atom. The molecule has 2 aliphatic rings. The van der Waals surface area contributed by atoms with E-state index in [2.05, 4.69) is 15.7 Å². The zero-order valence-electron chi connectivity index (χ0n) is 12.6. The zero-order chi connectivity index (χ0) is 15.9. The first-order chi connectivity index (χ1) is 10.4. The van der Waals surface area contributed by atoms with Crippen LogP contribution in [-0.4, -0.2) is 51.7 Å². The first-order valence-electron chi connectivity index (χ1n) is 7.36. The number of amides is 4. The number of likely N-dealkylation sites (tertiary alicyclic amines) is 1. The second kappa shape index (κ2) is 5.43. The summed E-state index contributed by atoms with van der Waals surface area (Å²) in [6.07, 6.45) is 0.583. The molecule has 3 rings (SSSR count). The highest BCUT2D eigenvalue weighted by molar-refractivity contribution is 6.04. The minimum atomic E-state index is -0.593. The van der Waals surface area contributed by atoms with Gasteiger partial charge in [0.15, 0.2) is 0 Å². The van der Waals surface area contributed by atoms with Crippen LogP contribution in [-0.2, 0) is 9.59 Å². The fourth-order valence-corrected chi connectivity index (χ4v) is 2.92. The maximum Gasteiger partial charge on any atom is 0.322 e. The van der Waals surface area contributed by atoms with Crippen molar-refractivity contribution in [2.45, 2.75) is 38.8 Å². The SMILES string of the molecule is Cc1cc(C)n(C2CN(C(=O)CC[C@H]3NC(=O)NC3=O)C2)n1. The van der Waals surface area contributed by atoms with Gasteiger partial charge in [0.1, 0.15) is 6.04 Å². The van der Waals surface area contributed by atoms with E-state index in [-0.39, 0.29) is 24.3 Å². The average Bonchev–Trinajstić information content (AvgIpc) is 2.87. The average molecular weight is 305 g/mol. The van der Waals surface area contributed by atoms with Crippen LogP contribution in [0.25, 0.3) is 0 Å². The van der Waals surface area contributed by atoms with Crippen molar-refractivity contribution in [2.75, 3.05) is 13.1 Å². The second-order valence-electron chi connectivity index (χ2n) is 5.88. The molecule has 8 nitrogen and oxygen atoms in total. The molecule has 2 N–H and O–H groups in total. The number of aryl methyl sites for hydroxylation is 2. The Morgan fingerprint density at radius 2 is 2.09 bits per heavy atom. The van der Waals surface area contributed by atoms with Crippen molar-refractivity contribution in [3.05, 3.63) is 17.5 Å². The lowest BCUT2D eigenvalue weighted by Crippen LogP contribution is -2.51. The highest BCUT2D eigenvalue weighted by atomic mass is 16.2. The minimum Gasteiger partial charge on any atom is -0.338 e. The van der Waals surface area contributed by atoms with Gasteiger partial charge in [-0.3, -0.25) is 19.6 Å². The first kappa shape index (κ1) is 14.6. The Kier molecular flexibility index (Phi) is 3.59. The minimum absolute atomic E-state index is 0.00623. The van der Waals surface area contributed by atoms with Crippen molar-refractivity contribution in [1.29, 1.82) is 0 Å². The summed E-state index contributed by atoms with van der Waals surface area (Å²) < 4.78 is 1.96. The Hall–Kier alpha value is -2.38. The number of hydrogen-bond donors (Lipinski definition) is 2. The monoisotopic (exact) mass is 305 g/mol. The third-order valence-corrected chi connectivity index (χ3v) is 4.11. The number of aromatic nitrogens is 2. The molecule has 1 aromatic rings. The van der Waals surface area contributed by atoms with E-state index in [1.165, 1.54) is 0 Å². The molecule has 0 spiro atoms. The molecule has 0 aromatic carbocycles. The molecule has 2 saturated heterocycles. The maximum absolute atomic E-state index is 12.1. The van der Waals surface area contributed by atoms with Gasteiger partial charge in [-0.25, -0.2) is 4.79 Å². The van der Waals surface area contributed by atoms with Gasteiger partial charge in [0.25, 0.3) is 5.91 Å². The molecule has 2 aliphatic heterocycles. The number of urea groups is 1. The molecule has 8 heteroatoms. The van der Waals surface area contributed by atoms with Crippen LogP contribution in [0.1, 0.15) is 30.3 Å². The molecule has 0 bridgehead atoms. The van der Waals surface area contributed by atoms with Crippen molar-refractivity contribution in [2.24, 2.45) is 0 Å². The van der Waals surface area contributed by atoms with Gasteiger partial charge < -0.3 is 10.2 Å². The predicted octanol–water partition coefficient (Wildman–Crippen LogP) is -0.129. The van der Waals surface area contributed by atoms with E-state index in [9.17, 15) is 14.4 Å². The summed E-state index contributed by atoms with van der Waals surface area (Å²) in [6.45, 7) is 5.24. The normalized spacial score (nSPS) is 21.5. The van der Waals surface area contributed by atoms with E-state index in [0.29, 0.717) is 19.5 Å². The summed E-state index contributed by atoms with van der Waals surface area (Å²) in [5, 5.41) is 9.09. The number of rotatable bonds is 4. The van der Waals surface area contributed by atoms with Gasteiger partial charge in [-0.1, -0.05) is 0 Å². The smallest absolute Gasteiger partial charge is 0.322 e. The van der Waals surface area contributed by atoms with Gasteiger partial charge in [0.05, 0.1) is 11.7 Å². The van der Waals surface area contributed by atoms with Crippen LogP contribution >= 0.6 is 0 Å². The largest absolute Gasteiger partial charge is 0.338 e. The molecule has 2 fully saturated rings. The van der Waals surface area contributed by atoms with Crippen LogP contribution in [0.15, 0.2) is 6.07 Å². The number of nitrogens with zero attached hydrogens (tertiary/aromatic N) is 3. The van der Waals surface area contributed by atoms with Gasteiger partial charge in [0.2, 0.25) is 5.91 Å². The molecule has 0 aliphatic carbocycles. The molecular weight excluding hydrogens is 286 g/mol. The molecule has 3 heterocycles. The highest BCUT2D eigenvalue weighted by Crippen LogP contribution is 2.23. The topological polar surface area (TPSA) is 96.3 Å². The zero-order valence-corrected chi connectivity index (χ0v) is 12.6. The van der Waals surface area contributed by atoms with Crippen LogP contribution in [0.5, 0.6) is 0 Å². The molecule has 4 amide bonds. The molecular formula is C14H19N5O3. The third kappa shape index (κ3) is 2.68. The lowest BCUT2D eigenvalue weighted by atomic mass is 10.1. The first-order valence-corrected chi connectivity index (χ1v) is 7.36. The molecule has 1 aromatic heterocycles. The maximum atomic E-state index is 12.1. The lowest BCUT2D eigenvalue weighted by molar-refractivity contribution is -0.137. The van der Waals surface area contributed by atoms with Crippen molar-refractivity contribution in [3.63, 3.8) is 0 Å². The summed E-state index contributed by atoms with van der Waals surface area (Å²) in [7, 11) is 0. The van der Waals surface area contributed by atoms with E-state index in [1.807, 2.05) is 24.6 Å². The fourth-order valence-electron chi connectivity index (χ4n) is 2.92. The van der Waals surface area contributed by atoms with E-state index < -0.39 is 12.1 Å². The van der Waals surface area contributed by atoms with E-state index in [1.54, 1.807) is 4.90 Å². The van der Waals surface area contributed by atoms with Crippen LogP contribution in [0.3, 0.4) is 0 Å².